The van der Waals surface area contributed by atoms with Crippen molar-refractivity contribution in [3.8, 4) is 0 Å². The average molecular weight is 262 g/mol. The fourth-order valence-corrected chi connectivity index (χ4v) is 2.78. The molecule has 1 aliphatic heterocycles. The van der Waals surface area contributed by atoms with Gasteiger partial charge < -0.3 is 16.4 Å². The monoisotopic (exact) mass is 262 g/mol. The van der Waals surface area contributed by atoms with Gasteiger partial charge in [0.15, 0.2) is 0 Å². The van der Waals surface area contributed by atoms with E-state index in [1.807, 2.05) is 0 Å². The number of nitrogens with two attached hydrogens (primary N) is 2. The summed E-state index contributed by atoms with van der Waals surface area (Å²) in [6, 6.07) is 1.57. The Morgan fingerprint density at radius 2 is 2.16 bits per heavy atom. The molecule has 0 saturated carbocycles. The molecule has 1 aromatic heterocycles. The van der Waals surface area contributed by atoms with E-state index in [4.69, 9.17) is 11.5 Å². The molecule has 5 nitrogen and oxygen atoms in total. The van der Waals surface area contributed by atoms with E-state index in [1.54, 1.807) is 12.3 Å². The molecular weight excluding hydrogens is 240 g/mol. The molecule has 1 fully saturated rings. The van der Waals surface area contributed by atoms with Gasteiger partial charge in [-0.1, -0.05) is 19.8 Å². The van der Waals surface area contributed by atoms with Crippen LogP contribution in [-0.4, -0.2) is 24.0 Å². The van der Waals surface area contributed by atoms with E-state index < -0.39 is 5.91 Å². The van der Waals surface area contributed by atoms with Gasteiger partial charge in [-0.25, -0.2) is 4.98 Å². The Balaban J connectivity index is 2.13. The first-order valence-electron chi connectivity index (χ1n) is 6.92. The molecule has 1 aromatic rings. The molecule has 0 bridgehead atoms. The van der Waals surface area contributed by atoms with E-state index in [2.05, 4.69) is 16.8 Å². The highest BCUT2D eigenvalue weighted by Gasteiger charge is 2.22. The molecule has 0 radical (unpaired) electrons. The van der Waals surface area contributed by atoms with Crippen molar-refractivity contribution in [2.75, 3.05) is 23.7 Å². The van der Waals surface area contributed by atoms with Gasteiger partial charge in [0.1, 0.15) is 5.82 Å². The summed E-state index contributed by atoms with van der Waals surface area (Å²) in [5.41, 5.74) is 12.3. The van der Waals surface area contributed by atoms with Crippen molar-refractivity contribution in [2.24, 2.45) is 11.7 Å². The molecule has 19 heavy (non-hydrogen) atoms. The first kappa shape index (κ1) is 13.6. The number of carbonyl (C=O) groups excluding carboxylic acids is 1. The largest absolute Gasteiger partial charge is 0.384 e. The third-order valence-electron chi connectivity index (χ3n) is 3.82. The maximum absolute atomic E-state index is 11.5. The molecule has 1 saturated heterocycles. The topological polar surface area (TPSA) is 85.2 Å². The highest BCUT2D eigenvalue weighted by atomic mass is 16.1. The summed E-state index contributed by atoms with van der Waals surface area (Å²) < 4.78 is 0. The summed E-state index contributed by atoms with van der Waals surface area (Å²) in [5.74, 6) is 0.693. The number of pyridine rings is 1. The number of nitrogen functional groups attached to an aromatic ring is 1. The molecule has 0 spiro atoms. The van der Waals surface area contributed by atoms with E-state index in [9.17, 15) is 4.79 Å². The Kier molecular flexibility index (Phi) is 4.24. The zero-order chi connectivity index (χ0) is 13.8. The summed E-state index contributed by atoms with van der Waals surface area (Å²) in [6.07, 6.45) is 6.51. The van der Waals surface area contributed by atoms with Crippen molar-refractivity contribution >= 4 is 17.4 Å². The maximum Gasteiger partial charge on any atom is 0.251 e. The molecule has 2 rings (SSSR count). The molecule has 5 heteroatoms. The zero-order valence-electron chi connectivity index (χ0n) is 11.4. The minimum absolute atomic E-state index is 0.332. The smallest absolute Gasteiger partial charge is 0.251 e. The van der Waals surface area contributed by atoms with Crippen molar-refractivity contribution < 1.29 is 4.79 Å². The van der Waals surface area contributed by atoms with Crippen LogP contribution in [0.25, 0.3) is 0 Å². The van der Waals surface area contributed by atoms with Gasteiger partial charge >= 0.3 is 0 Å². The number of nitrogens with zero attached hydrogens (tertiary/aromatic N) is 2. The third-order valence-corrected chi connectivity index (χ3v) is 3.82. The van der Waals surface area contributed by atoms with Gasteiger partial charge in [-0.05, 0) is 24.8 Å². The molecule has 2 heterocycles. The molecule has 1 amide bonds. The van der Waals surface area contributed by atoms with E-state index in [0.29, 0.717) is 11.4 Å². The van der Waals surface area contributed by atoms with Gasteiger partial charge in [0.25, 0.3) is 5.91 Å². The fourth-order valence-electron chi connectivity index (χ4n) is 2.78. The first-order chi connectivity index (χ1) is 9.11. The molecule has 4 N–H and O–H groups in total. The summed E-state index contributed by atoms with van der Waals surface area (Å²) in [6.45, 7) is 4.13. The van der Waals surface area contributed by atoms with E-state index >= 15 is 0 Å². The van der Waals surface area contributed by atoms with Crippen molar-refractivity contribution in [3.05, 3.63) is 17.8 Å². The molecule has 0 atom stereocenters. The SMILES string of the molecule is CCCC1CCN(c2cnc(N)cc2C(N)=O)CC1. The van der Waals surface area contributed by atoms with Gasteiger partial charge in [0.2, 0.25) is 0 Å². The molecule has 1 aliphatic rings. The Bertz CT molecular complexity index is 453. The zero-order valence-corrected chi connectivity index (χ0v) is 11.4. The van der Waals surface area contributed by atoms with Gasteiger partial charge in [-0.15, -0.1) is 0 Å². The summed E-state index contributed by atoms with van der Waals surface area (Å²) in [5, 5.41) is 0. The van der Waals surface area contributed by atoms with Gasteiger partial charge in [-0.2, -0.15) is 0 Å². The standard InChI is InChI=1S/C14H22N4O/c1-2-3-10-4-6-18(7-5-10)12-9-17-13(15)8-11(12)14(16)19/h8-10H,2-7H2,1H3,(H2,15,17)(H2,16,19). The summed E-state index contributed by atoms with van der Waals surface area (Å²) >= 11 is 0. The van der Waals surface area contributed by atoms with Crippen LogP contribution in [0.15, 0.2) is 12.3 Å². The predicted molar refractivity (Wildman–Crippen MR) is 77.0 cm³/mol. The summed E-state index contributed by atoms with van der Waals surface area (Å²) in [7, 11) is 0. The van der Waals surface area contributed by atoms with Crippen LogP contribution < -0.4 is 16.4 Å². The van der Waals surface area contributed by atoms with Crippen LogP contribution >= 0.6 is 0 Å². The number of hydrogen-bond donors (Lipinski definition) is 2. The third kappa shape index (κ3) is 3.16. The van der Waals surface area contributed by atoms with Crippen molar-refractivity contribution in [3.63, 3.8) is 0 Å². The second-order valence-corrected chi connectivity index (χ2v) is 5.21. The molecule has 0 aromatic carbocycles. The van der Waals surface area contributed by atoms with Crippen LogP contribution in [-0.2, 0) is 0 Å². The van der Waals surface area contributed by atoms with E-state index in [-0.39, 0.29) is 0 Å². The van der Waals surface area contributed by atoms with Gasteiger partial charge in [0.05, 0.1) is 17.4 Å². The van der Waals surface area contributed by atoms with E-state index in [1.165, 1.54) is 12.8 Å². The fraction of sp³-hybridized carbons (Fsp3) is 0.571. The van der Waals surface area contributed by atoms with Crippen molar-refractivity contribution in [1.29, 1.82) is 0 Å². The van der Waals surface area contributed by atoms with Crippen LogP contribution in [0.4, 0.5) is 11.5 Å². The number of aromatic nitrogens is 1. The summed E-state index contributed by atoms with van der Waals surface area (Å²) in [4.78, 5) is 17.8. The van der Waals surface area contributed by atoms with Crippen molar-refractivity contribution in [2.45, 2.75) is 32.6 Å². The Labute approximate surface area is 114 Å². The quantitative estimate of drug-likeness (QED) is 0.866. The lowest BCUT2D eigenvalue weighted by atomic mass is 9.92. The van der Waals surface area contributed by atoms with Crippen LogP contribution in [0.5, 0.6) is 0 Å². The number of carbonyl (C=O) groups is 1. The minimum Gasteiger partial charge on any atom is -0.384 e. The number of amides is 1. The molecule has 0 unspecified atom stereocenters. The lowest BCUT2D eigenvalue weighted by molar-refractivity contribution is 0.100. The highest BCUT2D eigenvalue weighted by molar-refractivity contribution is 5.99. The predicted octanol–water partition coefficient (Wildman–Crippen LogP) is 1.78. The van der Waals surface area contributed by atoms with Gasteiger partial charge in [0, 0.05) is 13.1 Å². The number of primary amides is 1. The highest BCUT2D eigenvalue weighted by Crippen LogP contribution is 2.28. The van der Waals surface area contributed by atoms with Gasteiger partial charge in [-0.3, -0.25) is 4.79 Å². The normalized spacial score (nSPS) is 16.6. The number of rotatable bonds is 4. The van der Waals surface area contributed by atoms with Crippen LogP contribution in [0.2, 0.25) is 0 Å². The van der Waals surface area contributed by atoms with Crippen LogP contribution in [0.1, 0.15) is 43.0 Å². The minimum atomic E-state index is -0.445. The van der Waals surface area contributed by atoms with Crippen LogP contribution in [0.3, 0.4) is 0 Å². The molecule has 0 aliphatic carbocycles. The number of anilines is 2. The lowest BCUT2D eigenvalue weighted by Gasteiger charge is -2.34. The lowest BCUT2D eigenvalue weighted by Crippen LogP contribution is -2.35. The molecule has 104 valence electrons. The Hall–Kier alpha value is -1.78. The molecular formula is C14H22N4O. The number of hydrogen-bond acceptors (Lipinski definition) is 4. The first-order valence-corrected chi connectivity index (χ1v) is 6.92. The second kappa shape index (κ2) is 5.91. The maximum atomic E-state index is 11.5. The number of piperidine rings is 1. The Morgan fingerprint density at radius 1 is 1.47 bits per heavy atom. The van der Waals surface area contributed by atoms with E-state index in [0.717, 1.165) is 37.5 Å². The van der Waals surface area contributed by atoms with Crippen LogP contribution in [0, 0.1) is 5.92 Å². The van der Waals surface area contributed by atoms with Crippen molar-refractivity contribution in [1.82, 2.24) is 4.98 Å². The second-order valence-electron chi connectivity index (χ2n) is 5.21. The Morgan fingerprint density at radius 3 is 2.74 bits per heavy atom. The average Bonchev–Trinajstić information content (AvgIpc) is 2.40.